The zero-order valence-electron chi connectivity index (χ0n) is 18.7. The van der Waals surface area contributed by atoms with E-state index in [1.165, 1.54) is 24.3 Å². The van der Waals surface area contributed by atoms with Crippen LogP contribution >= 0.6 is 15.9 Å². The number of amides is 1. The van der Waals surface area contributed by atoms with Crippen LogP contribution in [0, 0.1) is 6.92 Å². The highest BCUT2D eigenvalue weighted by Crippen LogP contribution is 2.45. The van der Waals surface area contributed by atoms with Crippen LogP contribution in [0.1, 0.15) is 28.8 Å². The lowest BCUT2D eigenvalue weighted by Gasteiger charge is -2.25. The minimum atomic E-state index is -0.987. The standard InChI is InChI=1S/C25H20BrN3O6/c1-13-20(28-8-4-3-7-18(28)27-13)23(31)19-21(14-10-16(26)22(30)17(11-14)34-2)29(25(33)24(19)32)12-15-6-5-9-35-15/h3-11,21,30-31H,12H2,1-2H3/b23-19+. The van der Waals surface area contributed by atoms with E-state index in [1.54, 1.807) is 47.9 Å². The highest BCUT2D eigenvalue weighted by Gasteiger charge is 2.47. The molecule has 4 heterocycles. The van der Waals surface area contributed by atoms with E-state index in [4.69, 9.17) is 9.15 Å². The number of hydrogen-bond acceptors (Lipinski definition) is 7. The van der Waals surface area contributed by atoms with Crippen LogP contribution in [0.5, 0.6) is 11.5 Å². The molecule has 3 aromatic heterocycles. The average Bonchev–Trinajstić information content (AvgIpc) is 3.53. The number of carbonyl (C=O) groups is 2. The number of carbonyl (C=O) groups excluding carboxylic acids is 2. The molecular formula is C25H20BrN3O6. The van der Waals surface area contributed by atoms with E-state index in [0.717, 1.165) is 0 Å². The number of likely N-dealkylation sites (tertiary alicyclic amines) is 1. The summed E-state index contributed by atoms with van der Waals surface area (Å²) in [6.07, 6.45) is 3.20. The van der Waals surface area contributed by atoms with Gasteiger partial charge in [0.15, 0.2) is 17.3 Å². The summed E-state index contributed by atoms with van der Waals surface area (Å²) in [5, 5.41) is 21.8. The molecule has 1 aromatic carbocycles. The maximum Gasteiger partial charge on any atom is 0.296 e. The Morgan fingerprint density at radius 1 is 1.23 bits per heavy atom. The third-order valence-electron chi connectivity index (χ3n) is 5.96. The van der Waals surface area contributed by atoms with E-state index in [2.05, 4.69) is 20.9 Å². The first-order valence-corrected chi connectivity index (χ1v) is 11.4. The van der Waals surface area contributed by atoms with Gasteiger partial charge in [-0.1, -0.05) is 6.07 Å². The number of ketones is 1. The predicted octanol–water partition coefficient (Wildman–Crippen LogP) is 4.33. The molecule has 1 fully saturated rings. The highest BCUT2D eigenvalue weighted by atomic mass is 79.9. The number of furan rings is 1. The summed E-state index contributed by atoms with van der Waals surface area (Å²) in [6.45, 7) is 1.71. The molecule has 1 amide bonds. The molecular weight excluding hydrogens is 518 g/mol. The van der Waals surface area contributed by atoms with Crippen LogP contribution < -0.4 is 4.74 Å². The lowest BCUT2D eigenvalue weighted by atomic mass is 9.95. The van der Waals surface area contributed by atoms with Crippen molar-refractivity contribution in [3.8, 4) is 11.5 Å². The van der Waals surface area contributed by atoms with Crippen LogP contribution in [0.25, 0.3) is 11.4 Å². The molecule has 1 unspecified atom stereocenters. The molecule has 2 N–H and O–H groups in total. The van der Waals surface area contributed by atoms with Crippen LogP contribution in [-0.2, 0) is 16.1 Å². The number of phenols is 1. The van der Waals surface area contributed by atoms with Gasteiger partial charge < -0.3 is 24.3 Å². The van der Waals surface area contributed by atoms with Gasteiger partial charge in [-0.25, -0.2) is 4.98 Å². The molecule has 0 aliphatic carbocycles. The van der Waals surface area contributed by atoms with Crippen molar-refractivity contribution in [3.63, 3.8) is 0 Å². The number of aliphatic hydroxyl groups excluding tert-OH is 1. The Kier molecular flexibility index (Phi) is 5.60. The van der Waals surface area contributed by atoms with E-state index in [1.807, 2.05) is 6.07 Å². The van der Waals surface area contributed by atoms with Crippen molar-refractivity contribution in [1.29, 1.82) is 0 Å². The fourth-order valence-electron chi connectivity index (χ4n) is 4.39. The topological polar surface area (TPSA) is 118 Å². The SMILES string of the molecule is COc1cc(C2/C(=C(\O)c3c(C)nc4ccccn34)C(=O)C(=O)N2Cc2ccco2)cc(Br)c1O. The van der Waals surface area contributed by atoms with E-state index < -0.39 is 17.7 Å². The summed E-state index contributed by atoms with van der Waals surface area (Å²) < 4.78 is 12.7. The number of rotatable bonds is 5. The Hall–Kier alpha value is -4.05. The van der Waals surface area contributed by atoms with Crippen LogP contribution in [0.15, 0.2) is 69.4 Å². The Morgan fingerprint density at radius 2 is 2.03 bits per heavy atom. The van der Waals surface area contributed by atoms with E-state index >= 15 is 0 Å². The molecule has 4 aromatic rings. The number of nitrogens with zero attached hydrogens (tertiary/aromatic N) is 3. The number of Topliss-reactive ketones (excluding diaryl/α,β-unsaturated/α-hetero) is 1. The van der Waals surface area contributed by atoms with Crippen molar-refractivity contribution < 1.29 is 29.0 Å². The molecule has 1 aliphatic heterocycles. The second-order valence-corrected chi connectivity index (χ2v) is 8.89. The van der Waals surface area contributed by atoms with Gasteiger partial charge in [-0.15, -0.1) is 0 Å². The van der Waals surface area contributed by atoms with Crippen molar-refractivity contribution in [1.82, 2.24) is 14.3 Å². The minimum absolute atomic E-state index is 0.00797. The largest absolute Gasteiger partial charge is 0.505 e. The van der Waals surface area contributed by atoms with Crippen molar-refractivity contribution >= 4 is 39.0 Å². The molecule has 0 spiro atoms. The maximum absolute atomic E-state index is 13.4. The van der Waals surface area contributed by atoms with Crippen molar-refractivity contribution in [2.45, 2.75) is 19.5 Å². The number of pyridine rings is 1. The number of fused-ring (bicyclic) bond motifs is 1. The molecule has 0 saturated carbocycles. The normalized spacial score (nSPS) is 17.5. The Bertz CT molecular complexity index is 1510. The Labute approximate surface area is 208 Å². The van der Waals surface area contributed by atoms with Crippen LogP contribution in [-0.4, -0.2) is 43.3 Å². The number of aryl methyl sites for hydroxylation is 1. The molecule has 1 saturated heterocycles. The first-order valence-electron chi connectivity index (χ1n) is 10.6. The third kappa shape index (κ3) is 3.66. The smallest absolute Gasteiger partial charge is 0.296 e. The molecule has 1 aliphatic rings. The molecule has 35 heavy (non-hydrogen) atoms. The predicted molar refractivity (Wildman–Crippen MR) is 129 cm³/mol. The van der Waals surface area contributed by atoms with Crippen LogP contribution in [0.4, 0.5) is 0 Å². The van der Waals surface area contributed by atoms with Gasteiger partial charge in [0.25, 0.3) is 11.7 Å². The summed E-state index contributed by atoms with van der Waals surface area (Å²) in [5.41, 5.74) is 1.74. The van der Waals surface area contributed by atoms with Crippen molar-refractivity contribution in [2.24, 2.45) is 0 Å². The summed E-state index contributed by atoms with van der Waals surface area (Å²) in [6, 6.07) is 10.9. The molecule has 10 heteroatoms. The average molecular weight is 538 g/mol. The van der Waals surface area contributed by atoms with Gasteiger partial charge in [0.05, 0.1) is 41.7 Å². The zero-order chi connectivity index (χ0) is 24.9. The first-order chi connectivity index (χ1) is 16.8. The molecule has 5 rings (SSSR count). The number of methoxy groups -OCH3 is 1. The lowest BCUT2D eigenvalue weighted by molar-refractivity contribution is -0.140. The fourth-order valence-corrected chi connectivity index (χ4v) is 4.85. The monoisotopic (exact) mass is 537 g/mol. The molecule has 9 nitrogen and oxygen atoms in total. The quantitative estimate of drug-likeness (QED) is 0.221. The number of aliphatic hydroxyl groups is 1. The van der Waals surface area contributed by atoms with Crippen molar-refractivity contribution in [3.05, 3.63) is 87.7 Å². The number of aromatic nitrogens is 2. The van der Waals surface area contributed by atoms with Crippen LogP contribution in [0.3, 0.4) is 0 Å². The Balaban J connectivity index is 1.76. The molecule has 0 radical (unpaired) electrons. The fraction of sp³-hybridized carbons (Fsp3) is 0.160. The van der Waals surface area contributed by atoms with Gasteiger partial charge >= 0.3 is 0 Å². The highest BCUT2D eigenvalue weighted by molar-refractivity contribution is 9.10. The summed E-state index contributed by atoms with van der Waals surface area (Å²) in [5.74, 6) is -1.50. The second kappa shape index (κ2) is 8.62. The number of hydrogen-bond donors (Lipinski definition) is 2. The third-order valence-corrected chi connectivity index (χ3v) is 6.57. The van der Waals surface area contributed by atoms with E-state index in [9.17, 15) is 19.8 Å². The minimum Gasteiger partial charge on any atom is -0.505 e. The summed E-state index contributed by atoms with van der Waals surface area (Å²) >= 11 is 3.31. The molecule has 178 valence electrons. The Morgan fingerprint density at radius 3 is 2.74 bits per heavy atom. The van der Waals surface area contributed by atoms with Gasteiger partial charge in [0.1, 0.15) is 17.1 Å². The van der Waals surface area contributed by atoms with Crippen molar-refractivity contribution in [2.75, 3.05) is 7.11 Å². The number of imidazole rings is 1. The summed E-state index contributed by atoms with van der Waals surface area (Å²) in [7, 11) is 1.40. The maximum atomic E-state index is 13.4. The van der Waals surface area contributed by atoms with Gasteiger partial charge in [-0.05, 0) is 64.8 Å². The van der Waals surface area contributed by atoms with Gasteiger partial charge in [-0.3, -0.25) is 14.0 Å². The molecule has 0 bridgehead atoms. The van der Waals surface area contributed by atoms with Gasteiger partial charge in [0.2, 0.25) is 0 Å². The van der Waals surface area contributed by atoms with E-state index in [0.29, 0.717) is 32.8 Å². The first kappa shape index (κ1) is 22.7. The van der Waals surface area contributed by atoms with Gasteiger partial charge in [-0.2, -0.15) is 0 Å². The second-order valence-electron chi connectivity index (χ2n) is 8.03. The number of phenolic OH excluding ortho intramolecular Hbond substituents is 1. The number of halogens is 1. The van der Waals surface area contributed by atoms with Crippen LogP contribution in [0.2, 0.25) is 0 Å². The number of benzene rings is 1. The van der Waals surface area contributed by atoms with Gasteiger partial charge in [0, 0.05) is 6.20 Å². The summed E-state index contributed by atoms with van der Waals surface area (Å²) in [4.78, 5) is 32.4. The molecule has 1 atom stereocenters. The number of ether oxygens (including phenoxy) is 1. The van der Waals surface area contributed by atoms with E-state index in [-0.39, 0.29) is 29.4 Å². The zero-order valence-corrected chi connectivity index (χ0v) is 20.3. The number of aromatic hydroxyl groups is 1. The lowest BCUT2D eigenvalue weighted by Crippen LogP contribution is -2.29.